The zero-order valence-corrected chi connectivity index (χ0v) is 11.1. The third-order valence-corrected chi connectivity index (χ3v) is 3.29. The lowest BCUT2D eigenvalue weighted by Gasteiger charge is -2.13. The molecule has 1 aliphatic rings. The number of benzene rings is 1. The molecule has 0 bridgehead atoms. The normalized spacial score (nSPS) is 13.2. The zero-order valence-electron chi connectivity index (χ0n) is 11.1. The highest BCUT2D eigenvalue weighted by atomic mass is 19.1. The van der Waals surface area contributed by atoms with Gasteiger partial charge < -0.3 is 4.90 Å². The van der Waals surface area contributed by atoms with Crippen molar-refractivity contribution in [2.45, 2.75) is 13.5 Å². The number of fused-ring (bicyclic) bond motifs is 3. The van der Waals surface area contributed by atoms with Gasteiger partial charge in [-0.3, -0.25) is 9.36 Å². The van der Waals surface area contributed by atoms with Gasteiger partial charge >= 0.3 is 0 Å². The second-order valence-electron chi connectivity index (χ2n) is 4.61. The monoisotopic (exact) mass is 269 g/mol. The summed E-state index contributed by atoms with van der Waals surface area (Å²) >= 11 is 0. The molecular formula is C15H12FN3O. The van der Waals surface area contributed by atoms with Gasteiger partial charge in [-0.25, -0.2) is 9.37 Å². The van der Waals surface area contributed by atoms with Crippen LogP contribution >= 0.6 is 0 Å². The summed E-state index contributed by atoms with van der Waals surface area (Å²) in [6, 6.07) is 4.19. The van der Waals surface area contributed by atoms with Gasteiger partial charge in [-0.05, 0) is 31.0 Å². The number of carbonyl (C=O) groups is 1. The molecule has 3 rings (SSSR count). The fourth-order valence-electron chi connectivity index (χ4n) is 2.35. The summed E-state index contributed by atoms with van der Waals surface area (Å²) in [4.78, 5) is 18.1. The van der Waals surface area contributed by atoms with Crippen molar-refractivity contribution in [2.24, 2.45) is 0 Å². The highest BCUT2D eigenvalue weighted by molar-refractivity contribution is 5.98. The Morgan fingerprint density at radius 2 is 2.20 bits per heavy atom. The predicted molar refractivity (Wildman–Crippen MR) is 71.9 cm³/mol. The molecule has 4 nitrogen and oxygen atoms in total. The number of nitrogens with zero attached hydrogens (tertiary/aromatic N) is 3. The van der Waals surface area contributed by atoms with E-state index in [0.717, 1.165) is 5.69 Å². The maximum Gasteiger partial charge on any atom is 0.256 e. The van der Waals surface area contributed by atoms with E-state index < -0.39 is 5.82 Å². The van der Waals surface area contributed by atoms with Gasteiger partial charge in [0.2, 0.25) is 0 Å². The lowest BCUT2D eigenvalue weighted by molar-refractivity contribution is 0.0787. The van der Waals surface area contributed by atoms with Crippen molar-refractivity contribution in [3.63, 3.8) is 0 Å². The minimum Gasteiger partial charge on any atom is -0.336 e. The largest absolute Gasteiger partial charge is 0.336 e. The Morgan fingerprint density at radius 3 is 2.95 bits per heavy atom. The summed E-state index contributed by atoms with van der Waals surface area (Å²) < 4.78 is 15.2. The Morgan fingerprint density at radius 1 is 1.40 bits per heavy atom. The topological polar surface area (TPSA) is 38.1 Å². The van der Waals surface area contributed by atoms with Crippen molar-refractivity contribution in [2.75, 3.05) is 7.05 Å². The third-order valence-electron chi connectivity index (χ3n) is 3.29. The zero-order chi connectivity index (χ0) is 14.3. The van der Waals surface area contributed by atoms with E-state index in [1.807, 2.05) is 0 Å². The predicted octanol–water partition coefficient (Wildman–Crippen LogP) is 1.97. The first-order chi connectivity index (χ1) is 9.61. The first-order valence-corrected chi connectivity index (χ1v) is 6.16. The van der Waals surface area contributed by atoms with Gasteiger partial charge in [0.05, 0.1) is 23.5 Å². The summed E-state index contributed by atoms with van der Waals surface area (Å²) in [6.45, 7) is 2.12. The van der Waals surface area contributed by atoms with E-state index in [1.54, 1.807) is 35.8 Å². The molecule has 0 saturated carbocycles. The van der Waals surface area contributed by atoms with Crippen molar-refractivity contribution in [3.8, 4) is 17.5 Å². The van der Waals surface area contributed by atoms with Crippen LogP contribution in [-0.4, -0.2) is 27.4 Å². The van der Waals surface area contributed by atoms with E-state index in [4.69, 9.17) is 0 Å². The van der Waals surface area contributed by atoms with Crippen LogP contribution in [0.4, 0.5) is 4.39 Å². The number of rotatable bonds is 0. The van der Waals surface area contributed by atoms with Crippen LogP contribution in [-0.2, 0) is 6.54 Å². The second-order valence-corrected chi connectivity index (χ2v) is 4.61. The first-order valence-electron chi connectivity index (χ1n) is 6.16. The number of amides is 1. The molecule has 20 heavy (non-hydrogen) atoms. The van der Waals surface area contributed by atoms with Gasteiger partial charge in [0.1, 0.15) is 17.8 Å². The highest BCUT2D eigenvalue weighted by Gasteiger charge is 2.26. The number of hydrogen-bond donors (Lipinski definition) is 0. The lowest BCUT2D eigenvalue weighted by atomic mass is 10.1. The Kier molecular flexibility index (Phi) is 2.79. The van der Waals surface area contributed by atoms with Crippen LogP contribution in [0.3, 0.4) is 0 Å². The maximum absolute atomic E-state index is 13.4. The molecule has 5 heteroatoms. The molecule has 0 aliphatic carbocycles. The van der Waals surface area contributed by atoms with Crippen LogP contribution in [0.25, 0.3) is 5.69 Å². The number of aromatic nitrogens is 2. The molecule has 0 fully saturated rings. The molecule has 0 unspecified atom stereocenters. The Labute approximate surface area is 115 Å². The molecular weight excluding hydrogens is 257 g/mol. The SMILES string of the molecule is CC#Cc1ncn2c1CN(C)C(=O)c1cc(F)ccc1-2. The molecule has 100 valence electrons. The Balaban J connectivity index is 2.30. The highest BCUT2D eigenvalue weighted by Crippen LogP contribution is 2.25. The average molecular weight is 269 g/mol. The lowest BCUT2D eigenvalue weighted by Crippen LogP contribution is -2.25. The minimum atomic E-state index is -0.428. The third kappa shape index (κ3) is 1.77. The summed E-state index contributed by atoms with van der Waals surface area (Å²) in [6.07, 6.45) is 1.62. The molecule has 0 radical (unpaired) electrons. The van der Waals surface area contributed by atoms with Crippen molar-refractivity contribution < 1.29 is 9.18 Å². The standard InChI is InChI=1S/C15H12FN3O/c1-3-4-12-14-8-18(2)15(20)11-7-10(16)5-6-13(11)19(14)9-17-12/h5-7,9H,8H2,1-2H3. The Bertz CT molecular complexity index is 767. The maximum atomic E-state index is 13.4. The van der Waals surface area contributed by atoms with Crippen molar-refractivity contribution in [1.82, 2.24) is 14.5 Å². The molecule has 0 spiro atoms. The van der Waals surface area contributed by atoms with Crippen LogP contribution in [0, 0.1) is 17.7 Å². The van der Waals surface area contributed by atoms with Gasteiger partial charge in [0.25, 0.3) is 5.91 Å². The molecule has 1 aliphatic heterocycles. The van der Waals surface area contributed by atoms with Crippen molar-refractivity contribution in [3.05, 3.63) is 47.3 Å². The summed E-state index contributed by atoms with van der Waals surface area (Å²) in [7, 11) is 1.68. The van der Waals surface area contributed by atoms with Crippen LogP contribution in [0.2, 0.25) is 0 Å². The summed E-state index contributed by atoms with van der Waals surface area (Å²) in [5.41, 5.74) is 2.44. The molecule has 2 heterocycles. The molecule has 1 aromatic carbocycles. The molecule has 2 aromatic rings. The Hall–Kier alpha value is -2.61. The van der Waals surface area contributed by atoms with Gasteiger partial charge in [-0.2, -0.15) is 0 Å². The van der Waals surface area contributed by atoms with Crippen LogP contribution < -0.4 is 0 Å². The van der Waals surface area contributed by atoms with E-state index in [1.165, 1.54) is 12.1 Å². The summed E-state index contributed by atoms with van der Waals surface area (Å²) in [5.74, 6) is 5.10. The first kappa shape index (κ1) is 12.4. The van der Waals surface area contributed by atoms with E-state index in [0.29, 0.717) is 23.5 Å². The second kappa shape index (κ2) is 4.49. The molecule has 1 amide bonds. The van der Waals surface area contributed by atoms with Gasteiger partial charge in [0, 0.05) is 7.05 Å². The smallest absolute Gasteiger partial charge is 0.256 e. The van der Waals surface area contributed by atoms with Crippen molar-refractivity contribution in [1.29, 1.82) is 0 Å². The molecule has 1 aromatic heterocycles. The number of halogens is 1. The molecule has 0 atom stereocenters. The molecule has 0 N–H and O–H groups in total. The number of carbonyl (C=O) groups excluding carboxylic acids is 1. The molecule has 0 saturated heterocycles. The van der Waals surface area contributed by atoms with E-state index in [2.05, 4.69) is 16.8 Å². The van der Waals surface area contributed by atoms with Crippen LogP contribution in [0.5, 0.6) is 0 Å². The van der Waals surface area contributed by atoms with Crippen LogP contribution in [0.15, 0.2) is 24.5 Å². The fourth-order valence-corrected chi connectivity index (χ4v) is 2.35. The fraction of sp³-hybridized carbons (Fsp3) is 0.200. The van der Waals surface area contributed by atoms with Crippen molar-refractivity contribution >= 4 is 5.91 Å². The van der Waals surface area contributed by atoms with Gasteiger partial charge in [0.15, 0.2) is 0 Å². The van der Waals surface area contributed by atoms with E-state index in [-0.39, 0.29) is 5.91 Å². The van der Waals surface area contributed by atoms with E-state index >= 15 is 0 Å². The van der Waals surface area contributed by atoms with Gasteiger partial charge in [-0.1, -0.05) is 5.92 Å². The minimum absolute atomic E-state index is 0.210. The summed E-state index contributed by atoms with van der Waals surface area (Å²) in [5, 5.41) is 0. The number of imidazole rings is 1. The van der Waals surface area contributed by atoms with E-state index in [9.17, 15) is 9.18 Å². The average Bonchev–Trinajstić information content (AvgIpc) is 2.77. The van der Waals surface area contributed by atoms with Gasteiger partial charge in [-0.15, -0.1) is 0 Å². The number of hydrogen-bond acceptors (Lipinski definition) is 2. The van der Waals surface area contributed by atoms with Crippen LogP contribution in [0.1, 0.15) is 28.7 Å². The quantitative estimate of drug-likeness (QED) is 0.686.